The largest absolute Gasteiger partial charge is 0.375 e. The molecule has 0 unspecified atom stereocenters. The third-order valence-electron chi connectivity index (χ3n) is 4.83. The molecule has 1 aliphatic heterocycles. The van der Waals surface area contributed by atoms with Crippen LogP contribution in [0.3, 0.4) is 0 Å². The van der Waals surface area contributed by atoms with Gasteiger partial charge < -0.3 is 20.3 Å². The van der Waals surface area contributed by atoms with E-state index in [-0.39, 0.29) is 5.91 Å². The van der Waals surface area contributed by atoms with E-state index in [2.05, 4.69) is 37.6 Å². The van der Waals surface area contributed by atoms with Crippen LogP contribution in [0.4, 0.5) is 0 Å². The molecule has 7 nitrogen and oxygen atoms in total. The molecule has 0 bridgehead atoms. The lowest BCUT2D eigenvalue weighted by Gasteiger charge is -2.36. The molecule has 1 saturated carbocycles. The summed E-state index contributed by atoms with van der Waals surface area (Å²) in [5, 5.41) is 6.42. The zero-order valence-corrected chi connectivity index (χ0v) is 16.2. The quantitative estimate of drug-likeness (QED) is 0.398. The maximum atomic E-state index is 11.9. The van der Waals surface area contributed by atoms with Gasteiger partial charge in [-0.05, 0) is 18.4 Å². The molecule has 2 fully saturated rings. The second-order valence-corrected chi connectivity index (χ2v) is 7.12. The van der Waals surface area contributed by atoms with Crippen LogP contribution in [-0.4, -0.2) is 80.6 Å². The summed E-state index contributed by atoms with van der Waals surface area (Å²) < 4.78 is 5.71. The molecule has 148 valence electrons. The van der Waals surface area contributed by atoms with E-state index in [4.69, 9.17) is 4.74 Å². The normalized spacial score (nSPS) is 18.4. The number of nitrogens with zero attached hydrogens (tertiary/aromatic N) is 3. The van der Waals surface area contributed by atoms with E-state index in [1.165, 1.54) is 5.56 Å². The van der Waals surface area contributed by atoms with Gasteiger partial charge in [-0.2, -0.15) is 0 Å². The van der Waals surface area contributed by atoms with E-state index in [1.54, 1.807) is 0 Å². The second-order valence-electron chi connectivity index (χ2n) is 7.12. The highest BCUT2D eigenvalue weighted by molar-refractivity contribution is 5.80. The first-order valence-corrected chi connectivity index (χ1v) is 9.83. The number of hydrogen-bond donors (Lipinski definition) is 2. The molecular weight excluding hydrogens is 342 g/mol. The Morgan fingerprint density at radius 3 is 2.59 bits per heavy atom. The number of benzene rings is 1. The van der Waals surface area contributed by atoms with Crippen molar-refractivity contribution < 1.29 is 9.53 Å². The van der Waals surface area contributed by atoms with E-state index in [9.17, 15) is 4.79 Å². The van der Waals surface area contributed by atoms with Gasteiger partial charge in [0.25, 0.3) is 0 Å². The summed E-state index contributed by atoms with van der Waals surface area (Å²) in [6.07, 6.45) is 2.27. The topological polar surface area (TPSA) is 69.2 Å². The van der Waals surface area contributed by atoms with Crippen molar-refractivity contribution in [2.45, 2.75) is 25.5 Å². The molecule has 27 heavy (non-hydrogen) atoms. The van der Waals surface area contributed by atoms with Crippen LogP contribution < -0.4 is 10.6 Å². The lowest BCUT2D eigenvalue weighted by Crippen LogP contribution is -2.54. The zero-order chi connectivity index (χ0) is 18.9. The maximum absolute atomic E-state index is 11.9. The minimum atomic E-state index is 0.157. The van der Waals surface area contributed by atoms with Crippen molar-refractivity contribution in [1.29, 1.82) is 0 Å². The summed E-state index contributed by atoms with van der Waals surface area (Å²) in [6.45, 7) is 6.00. The van der Waals surface area contributed by atoms with Crippen LogP contribution in [0.25, 0.3) is 0 Å². The lowest BCUT2D eigenvalue weighted by molar-refractivity contribution is -0.122. The fourth-order valence-corrected chi connectivity index (χ4v) is 3.15. The molecule has 1 aliphatic carbocycles. The summed E-state index contributed by atoms with van der Waals surface area (Å²) >= 11 is 0. The molecule has 0 radical (unpaired) electrons. The van der Waals surface area contributed by atoms with Crippen LogP contribution in [0.1, 0.15) is 18.4 Å². The lowest BCUT2D eigenvalue weighted by atomic mass is 10.2. The molecule has 0 aromatic heterocycles. The Labute approximate surface area is 161 Å². The van der Waals surface area contributed by atoms with E-state index < -0.39 is 0 Å². The Hall–Kier alpha value is -2.12. The van der Waals surface area contributed by atoms with Crippen molar-refractivity contribution in [3.05, 3.63) is 35.9 Å². The number of hydrogen-bond acceptors (Lipinski definition) is 4. The number of nitrogens with one attached hydrogen (secondary N) is 2. The zero-order valence-electron chi connectivity index (χ0n) is 16.2. The first-order valence-electron chi connectivity index (χ1n) is 9.83. The third kappa shape index (κ3) is 6.84. The molecule has 1 saturated heterocycles. The van der Waals surface area contributed by atoms with Crippen molar-refractivity contribution in [3.63, 3.8) is 0 Å². The van der Waals surface area contributed by atoms with Gasteiger partial charge in [0.1, 0.15) is 0 Å². The van der Waals surface area contributed by atoms with Crippen molar-refractivity contribution in [3.8, 4) is 0 Å². The smallest absolute Gasteiger partial charge is 0.234 e. The molecule has 1 heterocycles. The highest BCUT2D eigenvalue weighted by atomic mass is 16.5. The molecule has 7 heteroatoms. The van der Waals surface area contributed by atoms with Gasteiger partial charge in [0, 0.05) is 45.8 Å². The summed E-state index contributed by atoms with van der Waals surface area (Å²) in [5.41, 5.74) is 1.18. The van der Waals surface area contributed by atoms with E-state index in [0.717, 1.165) is 51.5 Å². The van der Waals surface area contributed by atoms with Gasteiger partial charge in [-0.25, -0.2) is 0 Å². The van der Waals surface area contributed by atoms with Crippen molar-refractivity contribution in [2.75, 3.05) is 52.9 Å². The molecule has 3 rings (SSSR count). The Morgan fingerprint density at radius 2 is 1.93 bits per heavy atom. The molecule has 2 aliphatic rings. The number of guanidine groups is 1. The van der Waals surface area contributed by atoms with Crippen molar-refractivity contribution >= 4 is 11.9 Å². The average molecular weight is 374 g/mol. The van der Waals surface area contributed by atoms with Gasteiger partial charge >= 0.3 is 0 Å². The van der Waals surface area contributed by atoms with E-state index in [0.29, 0.717) is 25.8 Å². The summed E-state index contributed by atoms with van der Waals surface area (Å²) in [4.78, 5) is 20.8. The summed E-state index contributed by atoms with van der Waals surface area (Å²) in [6, 6.07) is 10.6. The van der Waals surface area contributed by atoms with Gasteiger partial charge in [-0.3, -0.25) is 14.7 Å². The maximum Gasteiger partial charge on any atom is 0.234 e. The number of ether oxygens (including phenoxy) is 1. The fraction of sp³-hybridized carbons (Fsp3) is 0.600. The Bertz CT molecular complexity index is 610. The predicted molar refractivity (Wildman–Crippen MR) is 107 cm³/mol. The molecular formula is C20H31N5O2. The van der Waals surface area contributed by atoms with Crippen LogP contribution in [0, 0.1) is 0 Å². The van der Waals surface area contributed by atoms with Crippen molar-refractivity contribution in [2.24, 2.45) is 4.99 Å². The van der Waals surface area contributed by atoms with E-state index >= 15 is 0 Å². The fourth-order valence-electron chi connectivity index (χ4n) is 3.15. The van der Waals surface area contributed by atoms with Crippen LogP contribution >= 0.6 is 0 Å². The Kier molecular flexibility index (Phi) is 7.47. The van der Waals surface area contributed by atoms with Gasteiger partial charge in [-0.1, -0.05) is 30.3 Å². The van der Waals surface area contributed by atoms with Gasteiger partial charge in [0.15, 0.2) is 5.96 Å². The van der Waals surface area contributed by atoms with Crippen LogP contribution in [0.15, 0.2) is 35.3 Å². The Balaban J connectivity index is 1.29. The van der Waals surface area contributed by atoms with Gasteiger partial charge in [0.05, 0.1) is 19.8 Å². The third-order valence-corrected chi connectivity index (χ3v) is 4.83. The van der Waals surface area contributed by atoms with E-state index in [1.807, 2.05) is 25.2 Å². The molecule has 1 aromatic rings. The minimum Gasteiger partial charge on any atom is -0.375 e. The van der Waals surface area contributed by atoms with Crippen LogP contribution in [0.2, 0.25) is 0 Å². The Morgan fingerprint density at radius 1 is 1.19 bits per heavy atom. The molecule has 1 aromatic carbocycles. The monoisotopic (exact) mass is 373 g/mol. The number of rotatable bonds is 8. The number of piperazine rings is 1. The van der Waals surface area contributed by atoms with Crippen molar-refractivity contribution in [1.82, 2.24) is 20.4 Å². The van der Waals surface area contributed by atoms with Crippen LogP contribution in [-0.2, 0) is 16.1 Å². The van der Waals surface area contributed by atoms with Gasteiger partial charge in [-0.15, -0.1) is 0 Å². The molecule has 0 atom stereocenters. The number of aliphatic imine (C=N–C) groups is 1. The first kappa shape index (κ1) is 19.6. The summed E-state index contributed by atoms with van der Waals surface area (Å²) in [5.74, 6) is 1.06. The number of amides is 1. The minimum absolute atomic E-state index is 0.157. The highest BCUT2D eigenvalue weighted by Gasteiger charge is 2.25. The SMILES string of the molecule is CN=C(NCCOCc1ccccc1)N1CCN(CC(=O)NC2CC2)CC1. The van der Waals surface area contributed by atoms with Gasteiger partial charge in [0.2, 0.25) is 5.91 Å². The predicted octanol–water partition coefficient (Wildman–Crippen LogP) is 0.675. The molecule has 0 spiro atoms. The molecule has 2 N–H and O–H groups in total. The van der Waals surface area contributed by atoms with Crippen LogP contribution in [0.5, 0.6) is 0 Å². The molecule has 1 amide bonds. The second kappa shape index (κ2) is 10.3. The standard InChI is InChI=1S/C20H31N5O2/c1-21-20(22-9-14-27-16-17-5-3-2-4-6-17)25-12-10-24(11-13-25)15-19(26)23-18-7-8-18/h2-6,18H,7-16H2,1H3,(H,21,22)(H,23,26). The summed E-state index contributed by atoms with van der Waals surface area (Å²) in [7, 11) is 1.81. The first-order chi connectivity index (χ1) is 13.2. The highest BCUT2D eigenvalue weighted by Crippen LogP contribution is 2.18. The average Bonchev–Trinajstić information content (AvgIpc) is 3.50. The number of carbonyl (C=O) groups is 1. The number of carbonyl (C=O) groups excluding carboxylic acids is 1.